The van der Waals surface area contributed by atoms with Crippen molar-refractivity contribution in [1.82, 2.24) is 10.2 Å². The third-order valence-corrected chi connectivity index (χ3v) is 6.68. The first-order valence-electron chi connectivity index (χ1n) is 9.39. The zero-order chi connectivity index (χ0) is 20.2. The van der Waals surface area contributed by atoms with Gasteiger partial charge in [0.2, 0.25) is 11.0 Å². The predicted octanol–water partition coefficient (Wildman–Crippen LogP) is 4.90. The van der Waals surface area contributed by atoms with Gasteiger partial charge in [-0.3, -0.25) is 4.79 Å². The number of rotatable bonds is 8. The van der Waals surface area contributed by atoms with Gasteiger partial charge in [-0.2, -0.15) is 0 Å². The van der Waals surface area contributed by atoms with Gasteiger partial charge >= 0.3 is 0 Å². The molecule has 1 aliphatic carbocycles. The second-order valence-electron chi connectivity index (χ2n) is 6.89. The molecular weight excluding hydrogens is 404 g/mol. The lowest BCUT2D eigenvalue weighted by molar-refractivity contribution is -0.115. The first-order chi connectivity index (χ1) is 14.1. The molecule has 1 atom stereocenters. The van der Waals surface area contributed by atoms with E-state index in [9.17, 15) is 4.79 Å². The van der Waals surface area contributed by atoms with Gasteiger partial charge in [-0.1, -0.05) is 59.5 Å². The number of amides is 1. The van der Waals surface area contributed by atoms with E-state index in [0.717, 1.165) is 20.6 Å². The van der Waals surface area contributed by atoms with E-state index in [4.69, 9.17) is 4.74 Å². The van der Waals surface area contributed by atoms with Crippen molar-refractivity contribution < 1.29 is 9.53 Å². The maximum Gasteiger partial charge on any atom is 0.242 e. The van der Waals surface area contributed by atoms with Crippen LogP contribution in [0.3, 0.4) is 0 Å². The number of thioether (sulfide) groups is 1. The Morgan fingerprint density at radius 2 is 2.00 bits per heavy atom. The Balaban J connectivity index is 1.56. The third-order valence-electron chi connectivity index (χ3n) is 4.48. The fourth-order valence-corrected chi connectivity index (χ4v) is 4.86. The number of benzene rings is 2. The van der Waals surface area contributed by atoms with Crippen LogP contribution in [0.5, 0.6) is 5.75 Å². The number of carbonyl (C=O) groups is 1. The average molecular weight is 427 g/mol. The molecule has 0 aliphatic heterocycles. The Labute approximate surface area is 178 Å². The fraction of sp³-hybridized carbons (Fsp3) is 0.286. The van der Waals surface area contributed by atoms with Crippen LogP contribution in [0.15, 0.2) is 52.9 Å². The molecule has 0 bridgehead atoms. The maximum absolute atomic E-state index is 13.2. The van der Waals surface area contributed by atoms with Crippen molar-refractivity contribution >= 4 is 39.8 Å². The summed E-state index contributed by atoms with van der Waals surface area (Å²) >= 11 is 2.89. The van der Waals surface area contributed by atoms with Gasteiger partial charge in [0.1, 0.15) is 11.0 Å². The SMILES string of the molecule is COc1ccc(C)cc1NC(=O)[C@@H](Sc1nnc(NC2CC2)s1)c1ccccc1. The van der Waals surface area contributed by atoms with E-state index in [0.29, 0.717) is 17.5 Å². The molecule has 3 aromatic rings. The van der Waals surface area contributed by atoms with E-state index in [-0.39, 0.29) is 5.91 Å². The second kappa shape index (κ2) is 8.84. The number of carbonyl (C=O) groups excluding carboxylic acids is 1. The Hall–Kier alpha value is -2.58. The van der Waals surface area contributed by atoms with E-state index in [1.54, 1.807) is 7.11 Å². The highest BCUT2D eigenvalue weighted by Gasteiger charge is 2.26. The van der Waals surface area contributed by atoms with Crippen LogP contribution in [-0.4, -0.2) is 29.3 Å². The van der Waals surface area contributed by atoms with E-state index in [1.807, 2.05) is 55.5 Å². The lowest BCUT2D eigenvalue weighted by atomic mass is 10.1. The monoisotopic (exact) mass is 426 g/mol. The van der Waals surface area contributed by atoms with Crippen molar-refractivity contribution in [2.24, 2.45) is 0 Å². The van der Waals surface area contributed by atoms with Gasteiger partial charge in [-0.25, -0.2) is 0 Å². The first kappa shape index (κ1) is 19.7. The van der Waals surface area contributed by atoms with E-state index in [2.05, 4.69) is 20.8 Å². The van der Waals surface area contributed by atoms with Gasteiger partial charge in [0, 0.05) is 6.04 Å². The number of nitrogens with one attached hydrogen (secondary N) is 2. The molecule has 8 heteroatoms. The second-order valence-corrected chi connectivity index (χ2v) is 9.22. The predicted molar refractivity (Wildman–Crippen MR) is 118 cm³/mol. The van der Waals surface area contributed by atoms with Gasteiger partial charge in [-0.15, -0.1) is 10.2 Å². The van der Waals surface area contributed by atoms with Crippen molar-refractivity contribution in [3.63, 3.8) is 0 Å². The van der Waals surface area contributed by atoms with Gasteiger partial charge in [-0.05, 0) is 43.0 Å². The smallest absolute Gasteiger partial charge is 0.242 e. The molecule has 2 N–H and O–H groups in total. The number of ether oxygens (including phenoxy) is 1. The summed E-state index contributed by atoms with van der Waals surface area (Å²) in [5.41, 5.74) is 2.62. The Morgan fingerprint density at radius 3 is 2.72 bits per heavy atom. The molecule has 6 nitrogen and oxygen atoms in total. The molecule has 1 aromatic heterocycles. The number of hydrogen-bond donors (Lipinski definition) is 2. The molecule has 4 rings (SSSR count). The number of aromatic nitrogens is 2. The van der Waals surface area contributed by atoms with Crippen LogP contribution in [0.1, 0.15) is 29.2 Å². The highest BCUT2D eigenvalue weighted by atomic mass is 32.2. The average Bonchev–Trinajstić information content (AvgIpc) is 3.43. The van der Waals surface area contributed by atoms with E-state index < -0.39 is 5.25 Å². The molecule has 0 saturated heterocycles. The molecule has 0 unspecified atom stereocenters. The summed E-state index contributed by atoms with van der Waals surface area (Å²) in [6, 6.07) is 15.9. The summed E-state index contributed by atoms with van der Waals surface area (Å²) in [5.74, 6) is 0.504. The summed E-state index contributed by atoms with van der Waals surface area (Å²) in [7, 11) is 1.60. The lowest BCUT2D eigenvalue weighted by Gasteiger charge is -2.17. The van der Waals surface area contributed by atoms with Crippen LogP contribution in [0.4, 0.5) is 10.8 Å². The van der Waals surface area contributed by atoms with E-state index >= 15 is 0 Å². The number of anilines is 2. The Kier molecular flexibility index (Phi) is 6.01. The standard InChI is InChI=1S/C21H22N4O2S2/c1-13-8-11-17(27-2)16(12-13)23-19(26)18(14-6-4-3-5-7-14)28-21-25-24-20(29-21)22-15-9-10-15/h3-8,11-12,15,18H,9-10H2,1-2H3,(H,22,24)(H,23,26)/t18-/m0/s1. The number of methoxy groups -OCH3 is 1. The fourth-order valence-electron chi connectivity index (χ4n) is 2.84. The van der Waals surface area contributed by atoms with Crippen molar-refractivity contribution in [3.05, 3.63) is 59.7 Å². The van der Waals surface area contributed by atoms with Crippen LogP contribution in [0.25, 0.3) is 0 Å². The third kappa shape index (κ3) is 5.07. The van der Waals surface area contributed by atoms with Crippen LogP contribution >= 0.6 is 23.1 Å². The molecule has 29 heavy (non-hydrogen) atoms. The summed E-state index contributed by atoms with van der Waals surface area (Å²) in [5, 5.41) is 15.2. The van der Waals surface area contributed by atoms with Crippen LogP contribution in [0, 0.1) is 6.92 Å². The summed E-state index contributed by atoms with van der Waals surface area (Å²) in [6.07, 6.45) is 2.35. The first-order valence-corrected chi connectivity index (χ1v) is 11.1. The Bertz CT molecular complexity index is 989. The van der Waals surface area contributed by atoms with Crippen molar-refractivity contribution in [2.75, 3.05) is 17.7 Å². The number of aryl methyl sites for hydroxylation is 1. The molecule has 1 heterocycles. The van der Waals surface area contributed by atoms with Crippen molar-refractivity contribution in [2.45, 2.75) is 35.4 Å². The molecule has 2 aromatic carbocycles. The number of nitrogens with zero attached hydrogens (tertiary/aromatic N) is 2. The zero-order valence-electron chi connectivity index (χ0n) is 16.2. The molecule has 150 valence electrons. The Morgan fingerprint density at radius 1 is 1.21 bits per heavy atom. The van der Waals surface area contributed by atoms with Crippen LogP contribution < -0.4 is 15.4 Å². The summed E-state index contributed by atoms with van der Waals surface area (Å²) in [6.45, 7) is 1.98. The van der Waals surface area contributed by atoms with Crippen molar-refractivity contribution in [3.8, 4) is 5.75 Å². The minimum Gasteiger partial charge on any atom is -0.495 e. The highest BCUT2D eigenvalue weighted by molar-refractivity contribution is 8.02. The molecule has 1 fully saturated rings. The van der Waals surface area contributed by atoms with Gasteiger partial charge in [0.15, 0.2) is 4.34 Å². The number of hydrogen-bond acceptors (Lipinski definition) is 7. The molecular formula is C21H22N4O2S2. The van der Waals surface area contributed by atoms with E-state index in [1.165, 1.54) is 35.9 Å². The van der Waals surface area contributed by atoms with Crippen LogP contribution in [-0.2, 0) is 4.79 Å². The topological polar surface area (TPSA) is 76.1 Å². The molecule has 1 amide bonds. The molecule has 0 spiro atoms. The molecule has 1 saturated carbocycles. The lowest BCUT2D eigenvalue weighted by Crippen LogP contribution is -2.19. The molecule has 1 aliphatic rings. The zero-order valence-corrected chi connectivity index (χ0v) is 17.8. The quantitative estimate of drug-likeness (QED) is 0.499. The normalized spacial score (nSPS) is 14.3. The summed E-state index contributed by atoms with van der Waals surface area (Å²) < 4.78 is 6.16. The van der Waals surface area contributed by atoms with Gasteiger partial charge in [0.25, 0.3) is 0 Å². The largest absolute Gasteiger partial charge is 0.495 e. The summed E-state index contributed by atoms with van der Waals surface area (Å²) in [4.78, 5) is 13.2. The maximum atomic E-state index is 13.2. The van der Waals surface area contributed by atoms with Gasteiger partial charge in [0.05, 0.1) is 12.8 Å². The minimum absolute atomic E-state index is 0.128. The highest BCUT2D eigenvalue weighted by Crippen LogP contribution is 2.40. The molecule has 0 radical (unpaired) electrons. The van der Waals surface area contributed by atoms with Crippen molar-refractivity contribution in [1.29, 1.82) is 0 Å². The minimum atomic E-state index is -0.455. The van der Waals surface area contributed by atoms with Crippen LogP contribution in [0.2, 0.25) is 0 Å². The van der Waals surface area contributed by atoms with Gasteiger partial charge < -0.3 is 15.4 Å².